The van der Waals surface area contributed by atoms with E-state index in [1.807, 2.05) is 42.5 Å². The van der Waals surface area contributed by atoms with Crippen LogP contribution in [0.15, 0.2) is 79.1 Å². The quantitative estimate of drug-likeness (QED) is 0.398. The van der Waals surface area contributed by atoms with E-state index in [0.717, 1.165) is 10.8 Å². The van der Waals surface area contributed by atoms with Crippen LogP contribution in [0.3, 0.4) is 0 Å². The first-order valence-corrected chi connectivity index (χ1v) is 10.2. The van der Waals surface area contributed by atoms with Crippen molar-refractivity contribution in [2.45, 2.75) is 6.42 Å². The number of fused-ring (bicyclic) bond motifs is 3. The van der Waals surface area contributed by atoms with Crippen molar-refractivity contribution in [2.24, 2.45) is 23.7 Å². The minimum Gasteiger partial charge on any atom is -0.389 e. The summed E-state index contributed by atoms with van der Waals surface area (Å²) in [5.74, 6) is -3.02. The molecular formula is C25H20N2O4. The highest BCUT2D eigenvalue weighted by molar-refractivity contribution is 6.02. The van der Waals surface area contributed by atoms with E-state index in [1.54, 1.807) is 36.7 Å². The van der Waals surface area contributed by atoms with E-state index >= 15 is 0 Å². The summed E-state index contributed by atoms with van der Waals surface area (Å²) in [5, 5.41) is 4.72. The van der Waals surface area contributed by atoms with Crippen LogP contribution in [0.2, 0.25) is 0 Å². The molecule has 0 aliphatic heterocycles. The Balaban J connectivity index is 1.33. The molecule has 1 amide bonds. The molecule has 5 rings (SSSR count). The Hall–Kier alpha value is -3.80. The number of rotatable bonds is 4. The topological polar surface area (TPSA) is 85.4 Å². The zero-order valence-electron chi connectivity index (χ0n) is 16.6. The SMILES string of the molecule is O=C(OC(=O)C1C2C=CC(C2)C1C(=O)Nc1cccnc1)c1ccc2ccccc2c1. The minimum absolute atomic E-state index is 0.0463. The van der Waals surface area contributed by atoms with Gasteiger partial charge in [0, 0.05) is 6.20 Å². The number of allylic oxidation sites excluding steroid dienone is 2. The molecule has 0 radical (unpaired) electrons. The number of esters is 2. The number of pyridine rings is 1. The molecule has 6 nitrogen and oxygen atoms in total. The predicted octanol–water partition coefficient (Wildman–Crippen LogP) is 4.00. The fraction of sp³-hybridized carbons (Fsp3) is 0.200. The number of carbonyl (C=O) groups excluding carboxylic acids is 3. The Labute approximate surface area is 178 Å². The van der Waals surface area contributed by atoms with Crippen molar-refractivity contribution in [3.8, 4) is 0 Å². The number of anilines is 1. The molecule has 1 fully saturated rings. The lowest BCUT2D eigenvalue weighted by molar-refractivity contribution is -0.147. The van der Waals surface area contributed by atoms with Gasteiger partial charge in [0.05, 0.1) is 29.3 Å². The fourth-order valence-corrected chi connectivity index (χ4v) is 4.70. The van der Waals surface area contributed by atoms with E-state index in [1.165, 1.54) is 0 Å². The maximum Gasteiger partial charge on any atom is 0.345 e. The molecule has 6 heteroatoms. The summed E-state index contributed by atoms with van der Waals surface area (Å²) >= 11 is 0. The van der Waals surface area contributed by atoms with E-state index in [4.69, 9.17) is 4.74 Å². The Morgan fingerprint density at radius 2 is 1.68 bits per heavy atom. The van der Waals surface area contributed by atoms with Crippen LogP contribution in [-0.4, -0.2) is 22.8 Å². The highest BCUT2D eigenvalue weighted by atomic mass is 16.6. The third-order valence-electron chi connectivity index (χ3n) is 6.14. The molecule has 1 aromatic heterocycles. The van der Waals surface area contributed by atoms with Crippen LogP contribution in [-0.2, 0) is 14.3 Å². The second-order valence-electron chi connectivity index (χ2n) is 8.00. The highest BCUT2D eigenvalue weighted by Gasteiger charge is 2.52. The fourth-order valence-electron chi connectivity index (χ4n) is 4.70. The third-order valence-corrected chi connectivity index (χ3v) is 6.14. The minimum atomic E-state index is -0.700. The number of hydrogen-bond donors (Lipinski definition) is 1. The number of carbonyl (C=O) groups is 3. The third kappa shape index (κ3) is 3.61. The van der Waals surface area contributed by atoms with Gasteiger partial charge in [0.1, 0.15) is 0 Å². The number of hydrogen-bond acceptors (Lipinski definition) is 5. The lowest BCUT2D eigenvalue weighted by atomic mass is 9.82. The molecule has 2 aromatic carbocycles. The maximum atomic E-state index is 13.0. The van der Waals surface area contributed by atoms with Crippen LogP contribution in [0.1, 0.15) is 16.8 Å². The summed E-state index contributed by atoms with van der Waals surface area (Å²) in [6, 6.07) is 16.3. The first kappa shape index (κ1) is 19.2. The monoisotopic (exact) mass is 412 g/mol. The Kier molecular flexibility index (Phi) is 4.82. The number of nitrogens with zero attached hydrogens (tertiary/aromatic N) is 1. The molecule has 154 valence electrons. The van der Waals surface area contributed by atoms with E-state index in [0.29, 0.717) is 17.7 Å². The molecule has 2 aliphatic carbocycles. The highest BCUT2D eigenvalue weighted by Crippen LogP contribution is 2.49. The normalized spacial score (nSPS) is 23.6. The summed E-state index contributed by atoms with van der Waals surface area (Å²) in [4.78, 5) is 42.6. The van der Waals surface area contributed by atoms with Crippen LogP contribution >= 0.6 is 0 Å². The van der Waals surface area contributed by atoms with Crippen LogP contribution in [0.4, 0.5) is 5.69 Å². The van der Waals surface area contributed by atoms with E-state index < -0.39 is 23.8 Å². The van der Waals surface area contributed by atoms with Gasteiger partial charge in [0.25, 0.3) is 0 Å². The molecule has 4 unspecified atom stereocenters. The molecule has 0 spiro atoms. The summed E-state index contributed by atoms with van der Waals surface area (Å²) in [6.45, 7) is 0. The van der Waals surface area contributed by atoms with Crippen LogP contribution < -0.4 is 5.32 Å². The average Bonchev–Trinajstić information content (AvgIpc) is 3.41. The molecule has 3 aromatic rings. The van der Waals surface area contributed by atoms with Crippen LogP contribution in [0, 0.1) is 23.7 Å². The van der Waals surface area contributed by atoms with Crippen molar-refractivity contribution in [1.29, 1.82) is 0 Å². The molecule has 1 heterocycles. The zero-order chi connectivity index (χ0) is 21.4. The molecule has 0 saturated heterocycles. The number of benzene rings is 2. The van der Waals surface area contributed by atoms with Crippen LogP contribution in [0.25, 0.3) is 10.8 Å². The van der Waals surface area contributed by atoms with Gasteiger partial charge in [-0.25, -0.2) is 4.79 Å². The van der Waals surface area contributed by atoms with Crippen molar-refractivity contribution < 1.29 is 19.1 Å². The zero-order valence-corrected chi connectivity index (χ0v) is 16.6. The summed E-state index contributed by atoms with van der Waals surface area (Å²) in [5.41, 5.74) is 0.876. The van der Waals surface area contributed by atoms with Gasteiger partial charge in [0.2, 0.25) is 5.91 Å². The van der Waals surface area contributed by atoms with Crippen molar-refractivity contribution >= 4 is 34.3 Å². The molecule has 2 bridgehead atoms. The van der Waals surface area contributed by atoms with Crippen molar-refractivity contribution in [3.05, 3.63) is 84.7 Å². The van der Waals surface area contributed by atoms with E-state index in [-0.39, 0.29) is 17.7 Å². The lowest BCUT2D eigenvalue weighted by Gasteiger charge is -2.25. The second kappa shape index (κ2) is 7.80. The predicted molar refractivity (Wildman–Crippen MR) is 115 cm³/mol. The summed E-state index contributed by atoms with van der Waals surface area (Å²) < 4.78 is 5.25. The largest absolute Gasteiger partial charge is 0.389 e. The lowest BCUT2D eigenvalue weighted by Crippen LogP contribution is -2.38. The molecule has 31 heavy (non-hydrogen) atoms. The van der Waals surface area contributed by atoms with Gasteiger partial charge >= 0.3 is 11.9 Å². The summed E-state index contributed by atoms with van der Waals surface area (Å²) in [7, 11) is 0. The van der Waals surface area contributed by atoms with E-state index in [2.05, 4.69) is 10.3 Å². The van der Waals surface area contributed by atoms with E-state index in [9.17, 15) is 14.4 Å². The first-order valence-electron chi connectivity index (χ1n) is 10.2. The van der Waals surface area contributed by atoms with Gasteiger partial charge in [-0.05, 0) is 53.3 Å². The standard InChI is InChI=1S/C25H20N2O4/c28-23(27-20-6-3-11-26-14-20)21-17-8-9-18(13-17)22(21)25(30)31-24(29)19-10-7-15-4-1-2-5-16(15)12-19/h1-12,14,17-18,21-22H,13H2,(H,27,28). The number of amides is 1. The van der Waals surface area contributed by atoms with Gasteiger partial charge in [-0.3, -0.25) is 14.6 Å². The molecule has 4 atom stereocenters. The molecule has 1 N–H and O–H groups in total. The summed E-state index contributed by atoms with van der Waals surface area (Å²) in [6.07, 6.45) is 7.80. The van der Waals surface area contributed by atoms with Gasteiger partial charge in [0.15, 0.2) is 0 Å². The number of ether oxygens (including phenoxy) is 1. The van der Waals surface area contributed by atoms with Gasteiger partial charge in [-0.2, -0.15) is 0 Å². The average molecular weight is 412 g/mol. The maximum absolute atomic E-state index is 13.0. The molecule has 2 aliphatic rings. The Morgan fingerprint density at radius 1 is 0.903 bits per heavy atom. The van der Waals surface area contributed by atoms with Crippen molar-refractivity contribution in [3.63, 3.8) is 0 Å². The van der Waals surface area contributed by atoms with Gasteiger partial charge in [-0.15, -0.1) is 0 Å². The number of aromatic nitrogens is 1. The Morgan fingerprint density at radius 3 is 2.45 bits per heavy atom. The molecular weight excluding hydrogens is 392 g/mol. The molecule has 1 saturated carbocycles. The van der Waals surface area contributed by atoms with Gasteiger partial charge < -0.3 is 10.1 Å². The Bertz CT molecular complexity index is 1200. The smallest absolute Gasteiger partial charge is 0.345 e. The van der Waals surface area contributed by atoms with Crippen molar-refractivity contribution in [1.82, 2.24) is 4.98 Å². The van der Waals surface area contributed by atoms with Crippen LogP contribution in [0.5, 0.6) is 0 Å². The second-order valence-corrected chi connectivity index (χ2v) is 8.00. The first-order chi connectivity index (χ1) is 15.1. The number of nitrogens with one attached hydrogen (secondary N) is 1. The van der Waals surface area contributed by atoms with Crippen molar-refractivity contribution in [2.75, 3.05) is 5.32 Å². The van der Waals surface area contributed by atoms with Gasteiger partial charge in [-0.1, -0.05) is 42.5 Å².